The maximum Gasteiger partial charge on any atom is 0.433 e. The van der Waals surface area contributed by atoms with E-state index in [0.29, 0.717) is 12.3 Å². The number of rotatable bonds is 7. The molecule has 8 nitrogen and oxygen atoms in total. The number of benzene rings is 2. The largest absolute Gasteiger partial charge is 0.489 e. The zero-order valence-corrected chi connectivity index (χ0v) is 15.9. The third-order valence-corrected chi connectivity index (χ3v) is 4.00. The first kappa shape index (κ1) is 19.9. The Bertz CT molecular complexity index is 851. The predicted molar refractivity (Wildman–Crippen MR) is 102 cm³/mol. The van der Waals surface area contributed by atoms with Crippen molar-refractivity contribution in [2.45, 2.75) is 20.5 Å². The van der Waals surface area contributed by atoms with Gasteiger partial charge in [0, 0.05) is 5.56 Å². The minimum Gasteiger partial charge on any atom is -0.489 e. The van der Waals surface area contributed by atoms with Gasteiger partial charge >= 0.3 is 6.03 Å². The van der Waals surface area contributed by atoms with Crippen LogP contribution in [-0.4, -0.2) is 31.4 Å². The van der Waals surface area contributed by atoms with Crippen LogP contribution in [0, 0.1) is 13.8 Å². The van der Waals surface area contributed by atoms with Gasteiger partial charge in [0.1, 0.15) is 26.5 Å². The number of urea groups is 1. The quantitative estimate of drug-likeness (QED) is 0.445. The molecule has 0 bridgehead atoms. The number of oxime groups is 1. The highest BCUT2D eigenvalue weighted by Gasteiger charge is 2.17. The molecule has 0 heterocycles. The monoisotopic (exact) mass is 370 g/mol. The summed E-state index contributed by atoms with van der Waals surface area (Å²) < 4.78 is 5.98. The van der Waals surface area contributed by atoms with Crippen molar-refractivity contribution >= 4 is 17.9 Å². The van der Waals surface area contributed by atoms with Gasteiger partial charge in [-0.25, -0.2) is 4.79 Å². The summed E-state index contributed by atoms with van der Waals surface area (Å²) in [7, 11) is 2.97. The van der Waals surface area contributed by atoms with Gasteiger partial charge in [0.2, 0.25) is 0 Å². The van der Waals surface area contributed by atoms with Crippen LogP contribution in [-0.2, 0) is 11.4 Å². The molecule has 8 heteroatoms. The Balaban J connectivity index is 2.17. The van der Waals surface area contributed by atoms with Crippen molar-refractivity contribution in [2.24, 2.45) is 10.4 Å². The summed E-state index contributed by atoms with van der Waals surface area (Å²) in [5.41, 5.74) is 9.55. The summed E-state index contributed by atoms with van der Waals surface area (Å²) in [5, 5.41) is 10.9. The molecule has 0 radical (unpaired) electrons. The van der Waals surface area contributed by atoms with Crippen molar-refractivity contribution in [3.63, 3.8) is 0 Å². The number of ether oxygens (including phenoxy) is 1. The van der Waals surface area contributed by atoms with Crippen LogP contribution in [0.15, 0.2) is 46.8 Å². The highest BCUT2D eigenvalue weighted by atomic mass is 16.6. The van der Waals surface area contributed by atoms with Gasteiger partial charge in [0.25, 0.3) is 0 Å². The molecule has 0 aliphatic rings. The van der Waals surface area contributed by atoms with Gasteiger partial charge in [-0.05, 0) is 54.8 Å². The molecule has 0 aromatic heterocycles. The Hall–Kier alpha value is -3.42. The lowest BCUT2D eigenvalue weighted by Gasteiger charge is -2.15. The third kappa shape index (κ3) is 5.27. The topological polar surface area (TPSA) is 101 Å². The van der Waals surface area contributed by atoms with Gasteiger partial charge in [-0.3, -0.25) is 5.32 Å². The molecule has 0 saturated carbocycles. The highest BCUT2D eigenvalue weighted by molar-refractivity contribution is 5.89. The summed E-state index contributed by atoms with van der Waals surface area (Å²) >= 11 is 0. The first-order chi connectivity index (χ1) is 13.0. The number of nitrogens with one attached hydrogen (secondary N) is 1. The van der Waals surface area contributed by atoms with Crippen molar-refractivity contribution in [3.05, 3.63) is 58.7 Å². The number of carbonyl (C=O) groups is 1. The summed E-state index contributed by atoms with van der Waals surface area (Å²) in [6.45, 7) is 4.22. The minimum absolute atomic E-state index is 0.304. The molecule has 2 rings (SSSR count). The molecule has 0 aliphatic heterocycles. The number of anilines is 1. The molecule has 0 atom stereocenters. The molecule has 0 fully saturated rings. The molecule has 27 heavy (non-hydrogen) atoms. The molecule has 0 unspecified atom stereocenters. The molecule has 0 saturated heterocycles. The number of carbonyl (C=O) groups excluding carboxylic acids is 1. The zero-order valence-electron chi connectivity index (χ0n) is 15.9. The van der Waals surface area contributed by atoms with E-state index in [2.05, 4.69) is 20.5 Å². The molecule has 2 aromatic rings. The second-order valence-electron chi connectivity index (χ2n) is 5.90. The lowest BCUT2D eigenvalue weighted by molar-refractivity contribution is -0.248. The Morgan fingerprint density at radius 3 is 2.70 bits per heavy atom. The standard InChI is InChI=1S/C19H23N5O3/c1-13-6-5-7-17(22-19(25)24(3)23-20)16(13)12-27-18-9-8-15(10-14(18)2)11-21-26-4/h5-11,20H,12H2,1-4H3,(H,22,25)/p+1/b21-11+,23-20?. The van der Waals surface area contributed by atoms with E-state index < -0.39 is 6.03 Å². The summed E-state index contributed by atoms with van der Waals surface area (Å²) in [6.07, 6.45) is 1.63. The number of hydrogen-bond acceptors (Lipinski definition) is 5. The number of aryl methyl sites for hydroxylation is 2. The van der Waals surface area contributed by atoms with Crippen LogP contribution in [0.3, 0.4) is 0 Å². The van der Waals surface area contributed by atoms with E-state index in [1.807, 2.05) is 50.2 Å². The average molecular weight is 370 g/mol. The molecule has 142 valence electrons. The van der Waals surface area contributed by atoms with Crippen LogP contribution >= 0.6 is 0 Å². The van der Waals surface area contributed by atoms with Crippen LogP contribution < -0.4 is 15.6 Å². The Morgan fingerprint density at radius 2 is 2.04 bits per heavy atom. The lowest BCUT2D eigenvalue weighted by Crippen LogP contribution is -2.37. The van der Waals surface area contributed by atoms with E-state index in [9.17, 15) is 4.79 Å². The zero-order chi connectivity index (χ0) is 19.8. The molecular formula is C19H24N5O3+. The normalized spacial score (nSPS) is 10.5. The van der Waals surface area contributed by atoms with Gasteiger partial charge in [0.05, 0.1) is 17.1 Å². The van der Waals surface area contributed by atoms with E-state index in [0.717, 1.165) is 33.0 Å². The maximum atomic E-state index is 12.0. The van der Waals surface area contributed by atoms with Crippen molar-refractivity contribution in [1.29, 1.82) is 0 Å². The average Bonchev–Trinajstić information content (AvgIpc) is 2.66. The van der Waals surface area contributed by atoms with Crippen molar-refractivity contribution < 1.29 is 19.9 Å². The van der Waals surface area contributed by atoms with Crippen LogP contribution in [0.4, 0.5) is 10.5 Å². The number of hydrogen-bond donors (Lipinski definition) is 2. The second-order valence-corrected chi connectivity index (χ2v) is 5.90. The van der Waals surface area contributed by atoms with E-state index in [-0.39, 0.29) is 0 Å². The summed E-state index contributed by atoms with van der Waals surface area (Å²) in [4.78, 5) is 16.7. The van der Waals surface area contributed by atoms with Crippen LogP contribution in [0.25, 0.3) is 0 Å². The molecule has 2 amide bonds. The Labute approximate surface area is 158 Å². The van der Waals surface area contributed by atoms with E-state index in [4.69, 9.17) is 10.3 Å². The molecule has 2 aromatic carbocycles. The van der Waals surface area contributed by atoms with Crippen molar-refractivity contribution in [2.75, 3.05) is 19.5 Å². The van der Waals surface area contributed by atoms with E-state index in [1.54, 1.807) is 6.21 Å². The molecule has 0 aliphatic carbocycles. The number of nitrogens with zero attached hydrogens (tertiary/aromatic N) is 3. The third-order valence-electron chi connectivity index (χ3n) is 4.00. The van der Waals surface area contributed by atoms with Crippen LogP contribution in [0.5, 0.6) is 5.75 Å². The number of nitrogens with two attached hydrogens (primary N) is 1. The fourth-order valence-corrected chi connectivity index (χ4v) is 2.44. The fourth-order valence-electron chi connectivity index (χ4n) is 2.44. The van der Waals surface area contributed by atoms with Crippen molar-refractivity contribution in [3.8, 4) is 5.75 Å². The Kier molecular flexibility index (Phi) is 6.87. The first-order valence-corrected chi connectivity index (χ1v) is 8.30. The van der Waals surface area contributed by atoms with Gasteiger partial charge in [-0.1, -0.05) is 22.3 Å². The highest BCUT2D eigenvalue weighted by Crippen LogP contribution is 2.24. The predicted octanol–water partition coefficient (Wildman–Crippen LogP) is 2.45. The van der Waals surface area contributed by atoms with Crippen molar-refractivity contribution in [1.82, 2.24) is 5.01 Å². The van der Waals surface area contributed by atoms with Gasteiger partial charge in [0.15, 0.2) is 0 Å². The molecule has 0 spiro atoms. The lowest BCUT2D eigenvalue weighted by atomic mass is 10.1. The first-order valence-electron chi connectivity index (χ1n) is 8.30. The van der Waals surface area contributed by atoms with Gasteiger partial charge < -0.3 is 9.57 Å². The fraction of sp³-hybridized carbons (Fsp3) is 0.263. The van der Waals surface area contributed by atoms with Gasteiger partial charge in [-0.2, -0.15) is 5.53 Å². The molecule has 3 N–H and O–H groups in total. The Morgan fingerprint density at radius 1 is 1.26 bits per heavy atom. The number of amides is 2. The SMILES string of the molecule is CO/N=C/c1ccc(OCc2c(C)cccc2NC(=O)N(C)N=[NH2+])c(C)c1. The molecular weight excluding hydrogens is 346 g/mol. The smallest absolute Gasteiger partial charge is 0.433 e. The second kappa shape index (κ2) is 9.33. The van der Waals surface area contributed by atoms with E-state index in [1.165, 1.54) is 14.2 Å². The van der Waals surface area contributed by atoms with Gasteiger partial charge in [-0.15, -0.1) is 0 Å². The summed E-state index contributed by atoms with van der Waals surface area (Å²) in [5.74, 6) is 0.749. The van der Waals surface area contributed by atoms with E-state index >= 15 is 0 Å². The minimum atomic E-state index is -0.428. The summed E-state index contributed by atoms with van der Waals surface area (Å²) in [6, 6.07) is 10.9. The van der Waals surface area contributed by atoms with Crippen LogP contribution in [0.1, 0.15) is 22.3 Å². The maximum absolute atomic E-state index is 12.0. The van der Waals surface area contributed by atoms with Crippen LogP contribution in [0.2, 0.25) is 0 Å².